The number of hydrogen-bond donors (Lipinski definition) is 2. The SMILES string of the molecule is NS(=O)(=O)c1cccc(-c2cccc(-c3nc(-c4ccc(C(F)(F)F)cc4)cc(C(F)(F)F)n3)c2)c1.O=S(=O)(O)c1cccc(-c2ccccc2)c1. The number of rotatable bonds is 6. The largest absolute Gasteiger partial charge is 0.433 e. The molecule has 1 aromatic heterocycles. The average molecular weight is 758 g/mol. The van der Waals surface area contributed by atoms with Gasteiger partial charge in [-0.1, -0.05) is 84.9 Å². The lowest BCUT2D eigenvalue weighted by atomic mass is 10.0. The first-order valence-corrected chi connectivity index (χ1v) is 17.8. The maximum Gasteiger partial charge on any atom is 0.433 e. The Morgan fingerprint density at radius 1 is 0.500 bits per heavy atom. The van der Waals surface area contributed by atoms with Crippen LogP contribution in [0.5, 0.6) is 0 Å². The second-order valence-corrected chi connectivity index (χ2v) is 14.0. The molecular weight excluding hydrogens is 733 g/mol. The van der Waals surface area contributed by atoms with E-state index in [1.807, 2.05) is 30.3 Å². The van der Waals surface area contributed by atoms with Crippen molar-refractivity contribution >= 4 is 20.1 Å². The number of halogens is 6. The van der Waals surface area contributed by atoms with Gasteiger partial charge in [-0.05, 0) is 70.8 Å². The van der Waals surface area contributed by atoms with Crippen molar-refractivity contribution in [2.75, 3.05) is 0 Å². The van der Waals surface area contributed by atoms with Gasteiger partial charge < -0.3 is 0 Å². The van der Waals surface area contributed by atoms with Gasteiger partial charge in [-0.25, -0.2) is 23.5 Å². The molecule has 0 aliphatic rings. The van der Waals surface area contributed by atoms with Gasteiger partial charge in [-0.3, -0.25) is 4.55 Å². The maximum atomic E-state index is 13.6. The van der Waals surface area contributed by atoms with E-state index in [4.69, 9.17) is 9.69 Å². The Labute approximate surface area is 294 Å². The first kappa shape index (κ1) is 37.8. The third kappa shape index (κ3) is 9.46. The summed E-state index contributed by atoms with van der Waals surface area (Å²) in [6.45, 7) is 0. The topological polar surface area (TPSA) is 140 Å². The van der Waals surface area contributed by atoms with Crippen LogP contribution in [-0.2, 0) is 32.5 Å². The van der Waals surface area contributed by atoms with Crippen molar-refractivity contribution in [1.29, 1.82) is 0 Å². The predicted molar refractivity (Wildman–Crippen MR) is 181 cm³/mol. The molecule has 0 bridgehead atoms. The highest BCUT2D eigenvalue weighted by Gasteiger charge is 2.34. The zero-order valence-corrected chi connectivity index (χ0v) is 28.0. The second kappa shape index (κ2) is 14.7. The van der Waals surface area contributed by atoms with E-state index in [9.17, 15) is 43.2 Å². The van der Waals surface area contributed by atoms with Gasteiger partial charge in [0.05, 0.1) is 21.0 Å². The van der Waals surface area contributed by atoms with Crippen molar-refractivity contribution in [3.63, 3.8) is 0 Å². The van der Waals surface area contributed by atoms with Crippen LogP contribution < -0.4 is 5.14 Å². The third-order valence-electron chi connectivity index (χ3n) is 7.38. The minimum atomic E-state index is -4.85. The summed E-state index contributed by atoms with van der Waals surface area (Å²) >= 11 is 0. The number of primary sulfonamides is 1. The zero-order valence-electron chi connectivity index (χ0n) is 26.3. The Morgan fingerprint density at radius 3 is 1.56 bits per heavy atom. The highest BCUT2D eigenvalue weighted by atomic mass is 32.2. The molecule has 0 radical (unpaired) electrons. The van der Waals surface area contributed by atoms with E-state index >= 15 is 0 Å². The van der Waals surface area contributed by atoms with Gasteiger partial charge in [-0.15, -0.1) is 0 Å². The van der Waals surface area contributed by atoms with Gasteiger partial charge in [-0.2, -0.15) is 34.8 Å². The minimum Gasteiger partial charge on any atom is -0.282 e. The van der Waals surface area contributed by atoms with E-state index in [0.717, 1.165) is 35.4 Å². The number of sulfonamides is 1. The van der Waals surface area contributed by atoms with Crippen molar-refractivity contribution in [3.05, 3.63) is 145 Å². The molecule has 0 saturated heterocycles. The number of alkyl halides is 6. The lowest BCUT2D eigenvalue weighted by Crippen LogP contribution is -2.11. The number of nitrogens with zero attached hydrogens (tertiary/aromatic N) is 2. The number of hydrogen-bond acceptors (Lipinski definition) is 6. The van der Waals surface area contributed by atoms with Crippen LogP contribution >= 0.6 is 0 Å². The summed E-state index contributed by atoms with van der Waals surface area (Å²) in [5.41, 5.74) is 0.316. The molecule has 5 aromatic carbocycles. The lowest BCUT2D eigenvalue weighted by molar-refractivity contribution is -0.141. The van der Waals surface area contributed by atoms with Crippen LogP contribution in [0.15, 0.2) is 143 Å². The standard InChI is InChI=1S/C24H15F6N3O2S.C12H10O3S/c25-23(26,27)18-9-7-14(8-10-18)20-13-21(24(28,29)30)33-22(32-20)17-5-1-3-15(11-17)16-4-2-6-19(12-16)36(31,34)35;13-16(14,15)12-8-4-7-11(9-12)10-5-2-1-3-6-10/h1-13H,(H2,31,34,35);1-9H,(H,13,14,15). The molecule has 1 heterocycles. The Kier molecular flexibility index (Phi) is 10.7. The van der Waals surface area contributed by atoms with Crippen molar-refractivity contribution in [1.82, 2.24) is 9.97 Å². The van der Waals surface area contributed by atoms with Crippen LogP contribution in [0, 0.1) is 0 Å². The van der Waals surface area contributed by atoms with Gasteiger partial charge in [0.2, 0.25) is 10.0 Å². The van der Waals surface area contributed by atoms with Crippen molar-refractivity contribution in [2.24, 2.45) is 5.14 Å². The Bertz CT molecular complexity index is 2440. The Morgan fingerprint density at radius 2 is 1.00 bits per heavy atom. The second-order valence-electron chi connectivity index (χ2n) is 11.1. The van der Waals surface area contributed by atoms with Gasteiger partial charge >= 0.3 is 12.4 Å². The smallest absolute Gasteiger partial charge is 0.282 e. The van der Waals surface area contributed by atoms with E-state index < -0.39 is 43.8 Å². The van der Waals surface area contributed by atoms with Crippen molar-refractivity contribution in [2.45, 2.75) is 22.1 Å². The third-order valence-corrected chi connectivity index (χ3v) is 9.14. The summed E-state index contributed by atoms with van der Waals surface area (Å²) in [5.74, 6) is -0.316. The minimum absolute atomic E-state index is 0.0363. The molecule has 0 unspecified atom stereocenters. The molecule has 0 fully saturated rings. The molecule has 0 atom stereocenters. The Hall–Kier alpha value is -5.42. The van der Waals surface area contributed by atoms with E-state index in [2.05, 4.69) is 9.97 Å². The lowest BCUT2D eigenvalue weighted by Gasteiger charge is -2.12. The number of nitrogens with two attached hydrogens (primary N) is 1. The van der Waals surface area contributed by atoms with Crippen molar-refractivity contribution in [3.8, 4) is 44.9 Å². The quantitative estimate of drug-likeness (QED) is 0.128. The number of aromatic nitrogens is 2. The maximum absolute atomic E-state index is 13.6. The first-order chi connectivity index (χ1) is 24.3. The molecule has 0 saturated carbocycles. The fraction of sp³-hybridized carbons (Fsp3) is 0.0556. The summed E-state index contributed by atoms with van der Waals surface area (Å²) in [5, 5.41) is 5.17. The molecule has 0 spiro atoms. The predicted octanol–water partition coefficient (Wildman–Crippen LogP) is 8.76. The van der Waals surface area contributed by atoms with E-state index in [1.54, 1.807) is 24.3 Å². The monoisotopic (exact) mass is 757 g/mol. The van der Waals surface area contributed by atoms with E-state index in [-0.39, 0.29) is 32.4 Å². The van der Waals surface area contributed by atoms with Crippen LogP contribution in [0.2, 0.25) is 0 Å². The normalized spacial score (nSPS) is 12.2. The van der Waals surface area contributed by atoms with Crippen LogP contribution in [0.3, 0.4) is 0 Å². The molecule has 8 nitrogen and oxygen atoms in total. The molecule has 6 aromatic rings. The van der Waals surface area contributed by atoms with Gasteiger partial charge in [0.15, 0.2) is 5.82 Å². The molecule has 6 rings (SSSR count). The molecule has 0 aliphatic heterocycles. The summed E-state index contributed by atoms with van der Waals surface area (Å²) in [6, 6.07) is 31.5. The van der Waals surface area contributed by atoms with Crippen LogP contribution in [0.1, 0.15) is 11.3 Å². The summed E-state index contributed by atoms with van der Waals surface area (Å²) in [4.78, 5) is 7.54. The zero-order chi connectivity index (χ0) is 37.9. The summed E-state index contributed by atoms with van der Waals surface area (Å²) in [6.07, 6.45) is -9.45. The number of benzene rings is 5. The first-order valence-electron chi connectivity index (χ1n) is 14.8. The average Bonchev–Trinajstić information content (AvgIpc) is 3.11. The molecule has 3 N–H and O–H groups in total. The van der Waals surface area contributed by atoms with Gasteiger partial charge in [0.1, 0.15) is 5.69 Å². The molecule has 268 valence electrons. The summed E-state index contributed by atoms with van der Waals surface area (Å²) < 4.78 is 134. The van der Waals surface area contributed by atoms with E-state index in [0.29, 0.717) is 17.2 Å². The van der Waals surface area contributed by atoms with E-state index in [1.165, 1.54) is 48.5 Å². The molecule has 0 aliphatic carbocycles. The van der Waals surface area contributed by atoms with Gasteiger partial charge in [0, 0.05) is 11.1 Å². The molecular formula is C36H25F6N3O5S2. The van der Waals surface area contributed by atoms with Crippen LogP contribution in [0.4, 0.5) is 26.3 Å². The highest BCUT2D eigenvalue weighted by Crippen LogP contribution is 2.35. The van der Waals surface area contributed by atoms with Crippen LogP contribution in [-0.4, -0.2) is 31.4 Å². The molecule has 0 amide bonds. The molecule has 16 heteroatoms. The fourth-order valence-electron chi connectivity index (χ4n) is 4.86. The Balaban J connectivity index is 0.000000272. The fourth-order valence-corrected chi connectivity index (χ4v) is 5.94. The highest BCUT2D eigenvalue weighted by molar-refractivity contribution is 7.89. The molecule has 52 heavy (non-hydrogen) atoms. The summed E-state index contributed by atoms with van der Waals surface area (Å²) in [7, 11) is -8.12. The van der Waals surface area contributed by atoms with Gasteiger partial charge in [0.25, 0.3) is 10.1 Å². The van der Waals surface area contributed by atoms with Crippen LogP contribution in [0.25, 0.3) is 44.9 Å². The van der Waals surface area contributed by atoms with Crippen molar-refractivity contribution < 1.29 is 47.7 Å².